The van der Waals surface area contributed by atoms with Crippen LogP contribution in [0.5, 0.6) is 5.88 Å². The third kappa shape index (κ3) is 3.15. The molecule has 1 aromatic heterocycles. The molecule has 0 radical (unpaired) electrons. The molecule has 110 valence electrons. The van der Waals surface area contributed by atoms with Gasteiger partial charge in [0, 0.05) is 6.42 Å². The van der Waals surface area contributed by atoms with E-state index in [1.807, 2.05) is 30.3 Å². The maximum absolute atomic E-state index is 12.2. The average molecular weight is 284 g/mol. The highest BCUT2D eigenvalue weighted by molar-refractivity contribution is 5.27. The van der Waals surface area contributed by atoms with E-state index in [0.29, 0.717) is 17.8 Å². The lowest BCUT2D eigenvalue weighted by Crippen LogP contribution is -2.19. The number of hydrogen-bond donors (Lipinski definition) is 2. The summed E-state index contributed by atoms with van der Waals surface area (Å²) in [5.74, 6) is 0.654. The molecule has 1 saturated carbocycles. The summed E-state index contributed by atoms with van der Waals surface area (Å²) in [5, 5.41) is 10.1. The quantitative estimate of drug-likeness (QED) is 0.907. The highest BCUT2D eigenvalue weighted by Gasteiger charge is 2.24. The summed E-state index contributed by atoms with van der Waals surface area (Å²) in [7, 11) is 0. The van der Waals surface area contributed by atoms with Crippen LogP contribution in [0.2, 0.25) is 0 Å². The van der Waals surface area contributed by atoms with Gasteiger partial charge in [-0.25, -0.2) is 4.98 Å². The van der Waals surface area contributed by atoms with E-state index in [1.165, 1.54) is 5.56 Å². The Bertz CT molecular complexity index is 658. The Labute approximate surface area is 123 Å². The van der Waals surface area contributed by atoms with E-state index in [1.54, 1.807) is 0 Å². The molecule has 0 atom stereocenters. The first-order valence-electron chi connectivity index (χ1n) is 7.60. The molecule has 1 aliphatic rings. The largest absolute Gasteiger partial charge is 0.493 e. The predicted octanol–water partition coefficient (Wildman–Crippen LogP) is 2.92. The summed E-state index contributed by atoms with van der Waals surface area (Å²) >= 11 is 0. The second-order valence-corrected chi connectivity index (χ2v) is 5.72. The molecule has 1 aromatic carbocycles. The van der Waals surface area contributed by atoms with Crippen molar-refractivity contribution in [1.29, 1.82) is 0 Å². The molecule has 0 saturated heterocycles. The number of aromatic hydroxyl groups is 1. The Kier molecular flexibility index (Phi) is 4.04. The topological polar surface area (TPSA) is 66.0 Å². The van der Waals surface area contributed by atoms with Crippen molar-refractivity contribution in [2.24, 2.45) is 0 Å². The number of aromatic nitrogens is 2. The number of aryl methyl sites for hydroxylation is 2. The minimum absolute atomic E-state index is 0.0753. The third-order valence-electron chi connectivity index (χ3n) is 4.24. The molecule has 1 heterocycles. The normalized spacial score (nSPS) is 15.4. The number of nitrogens with zero attached hydrogens (tertiary/aromatic N) is 1. The van der Waals surface area contributed by atoms with Crippen molar-refractivity contribution in [1.82, 2.24) is 9.97 Å². The number of aromatic amines is 1. The van der Waals surface area contributed by atoms with Crippen molar-refractivity contribution < 1.29 is 5.11 Å². The van der Waals surface area contributed by atoms with Gasteiger partial charge in [0.2, 0.25) is 5.88 Å². The first-order chi connectivity index (χ1) is 10.2. The van der Waals surface area contributed by atoms with Crippen molar-refractivity contribution in [3.8, 4) is 5.88 Å². The molecule has 0 bridgehead atoms. The molecule has 0 amide bonds. The average Bonchev–Trinajstić information content (AvgIpc) is 2.99. The van der Waals surface area contributed by atoms with E-state index in [4.69, 9.17) is 0 Å². The standard InChI is InChI=1S/C17H20N2O2/c20-16-15(13-8-4-5-9-13)17(21)19-14(18-16)11-10-12-6-2-1-3-7-12/h1-3,6-7,13H,4-5,8-11H2,(H2,18,19,20,21). The van der Waals surface area contributed by atoms with Crippen LogP contribution in [0.1, 0.15) is 48.6 Å². The van der Waals surface area contributed by atoms with Gasteiger partial charge in [0.25, 0.3) is 5.56 Å². The Morgan fingerprint density at radius 3 is 2.52 bits per heavy atom. The molecule has 21 heavy (non-hydrogen) atoms. The van der Waals surface area contributed by atoms with Crippen molar-refractivity contribution in [2.75, 3.05) is 0 Å². The maximum atomic E-state index is 12.2. The van der Waals surface area contributed by atoms with Crippen molar-refractivity contribution in [3.63, 3.8) is 0 Å². The molecule has 2 aromatic rings. The molecule has 4 heteroatoms. The lowest BCUT2D eigenvalue weighted by Gasteiger charge is -2.11. The van der Waals surface area contributed by atoms with Gasteiger partial charge >= 0.3 is 0 Å². The van der Waals surface area contributed by atoms with Gasteiger partial charge in [-0.15, -0.1) is 0 Å². The zero-order valence-corrected chi connectivity index (χ0v) is 12.0. The zero-order chi connectivity index (χ0) is 14.7. The van der Waals surface area contributed by atoms with Crippen LogP contribution >= 0.6 is 0 Å². The third-order valence-corrected chi connectivity index (χ3v) is 4.24. The van der Waals surface area contributed by atoms with Gasteiger partial charge in [0.15, 0.2) is 0 Å². The Morgan fingerprint density at radius 1 is 1.14 bits per heavy atom. The lowest BCUT2D eigenvalue weighted by atomic mass is 10.00. The minimum Gasteiger partial charge on any atom is -0.493 e. The fourth-order valence-corrected chi connectivity index (χ4v) is 3.12. The van der Waals surface area contributed by atoms with Gasteiger partial charge in [0.05, 0.1) is 5.56 Å². The smallest absolute Gasteiger partial charge is 0.258 e. The van der Waals surface area contributed by atoms with E-state index >= 15 is 0 Å². The summed E-state index contributed by atoms with van der Waals surface area (Å²) in [6, 6.07) is 10.1. The summed E-state index contributed by atoms with van der Waals surface area (Å²) in [4.78, 5) is 19.2. The van der Waals surface area contributed by atoms with Gasteiger partial charge < -0.3 is 10.1 Å². The van der Waals surface area contributed by atoms with Crippen LogP contribution in [0.4, 0.5) is 0 Å². The fraction of sp³-hybridized carbons (Fsp3) is 0.412. The van der Waals surface area contributed by atoms with Crippen LogP contribution < -0.4 is 5.56 Å². The van der Waals surface area contributed by atoms with Crippen LogP contribution in [0, 0.1) is 0 Å². The molecule has 0 spiro atoms. The number of rotatable bonds is 4. The van der Waals surface area contributed by atoms with Crippen LogP contribution in [-0.2, 0) is 12.8 Å². The van der Waals surface area contributed by atoms with Crippen molar-refractivity contribution >= 4 is 0 Å². The van der Waals surface area contributed by atoms with Crippen LogP contribution in [0.25, 0.3) is 0 Å². The number of nitrogens with one attached hydrogen (secondary N) is 1. The molecular formula is C17H20N2O2. The van der Waals surface area contributed by atoms with E-state index < -0.39 is 0 Å². The summed E-state index contributed by atoms with van der Waals surface area (Å²) in [6.07, 6.45) is 5.62. The second kappa shape index (κ2) is 6.12. The number of hydrogen-bond acceptors (Lipinski definition) is 3. The predicted molar refractivity (Wildman–Crippen MR) is 81.6 cm³/mol. The van der Waals surface area contributed by atoms with E-state index in [-0.39, 0.29) is 17.4 Å². The van der Waals surface area contributed by atoms with Crippen molar-refractivity contribution in [2.45, 2.75) is 44.4 Å². The number of H-pyrrole nitrogens is 1. The summed E-state index contributed by atoms with van der Waals surface area (Å²) < 4.78 is 0. The Morgan fingerprint density at radius 2 is 1.86 bits per heavy atom. The summed E-state index contributed by atoms with van der Waals surface area (Å²) in [5.41, 5.74) is 1.51. The van der Waals surface area contributed by atoms with Gasteiger partial charge in [-0.3, -0.25) is 4.79 Å². The van der Waals surface area contributed by atoms with Gasteiger partial charge in [-0.1, -0.05) is 43.2 Å². The molecule has 3 rings (SSSR count). The molecule has 1 aliphatic carbocycles. The highest BCUT2D eigenvalue weighted by atomic mass is 16.3. The van der Waals surface area contributed by atoms with Crippen LogP contribution in [-0.4, -0.2) is 15.1 Å². The number of benzene rings is 1. The molecule has 0 unspecified atom stereocenters. The highest BCUT2D eigenvalue weighted by Crippen LogP contribution is 2.35. The maximum Gasteiger partial charge on any atom is 0.258 e. The van der Waals surface area contributed by atoms with Gasteiger partial charge in [0.1, 0.15) is 5.82 Å². The second-order valence-electron chi connectivity index (χ2n) is 5.72. The minimum atomic E-state index is -0.169. The van der Waals surface area contributed by atoms with Gasteiger partial charge in [-0.05, 0) is 30.7 Å². The molecule has 0 aliphatic heterocycles. The molecule has 1 fully saturated rings. The fourth-order valence-electron chi connectivity index (χ4n) is 3.12. The zero-order valence-electron chi connectivity index (χ0n) is 12.0. The molecular weight excluding hydrogens is 264 g/mol. The van der Waals surface area contributed by atoms with Gasteiger partial charge in [-0.2, -0.15) is 0 Å². The Hall–Kier alpha value is -2.10. The Balaban J connectivity index is 1.77. The van der Waals surface area contributed by atoms with E-state index in [2.05, 4.69) is 9.97 Å². The monoisotopic (exact) mass is 284 g/mol. The van der Waals surface area contributed by atoms with Crippen LogP contribution in [0.15, 0.2) is 35.1 Å². The first-order valence-corrected chi connectivity index (χ1v) is 7.60. The molecule has 4 nitrogen and oxygen atoms in total. The SMILES string of the molecule is O=c1[nH]c(CCc2ccccc2)nc(O)c1C1CCCC1. The van der Waals surface area contributed by atoms with Crippen LogP contribution in [0.3, 0.4) is 0 Å². The summed E-state index contributed by atoms with van der Waals surface area (Å²) in [6.45, 7) is 0. The molecule has 2 N–H and O–H groups in total. The van der Waals surface area contributed by atoms with E-state index in [9.17, 15) is 9.90 Å². The first kappa shape index (κ1) is 13.9. The lowest BCUT2D eigenvalue weighted by molar-refractivity contribution is 0.432. The van der Waals surface area contributed by atoms with E-state index in [0.717, 1.165) is 32.1 Å². The van der Waals surface area contributed by atoms with Crippen molar-refractivity contribution in [3.05, 3.63) is 57.6 Å².